The third-order valence-corrected chi connectivity index (χ3v) is 4.03. The summed E-state index contributed by atoms with van der Waals surface area (Å²) in [6.45, 7) is 3.14. The van der Waals surface area contributed by atoms with E-state index in [-0.39, 0.29) is 11.9 Å². The summed E-state index contributed by atoms with van der Waals surface area (Å²) in [6, 6.07) is 2.36. The Kier molecular flexibility index (Phi) is 4.02. The van der Waals surface area contributed by atoms with Crippen molar-refractivity contribution in [3.8, 4) is 5.75 Å². The number of piperidine rings is 1. The van der Waals surface area contributed by atoms with E-state index in [0.29, 0.717) is 16.7 Å². The van der Waals surface area contributed by atoms with E-state index in [9.17, 15) is 4.79 Å². The third kappa shape index (κ3) is 2.79. The molecule has 0 spiro atoms. The zero-order chi connectivity index (χ0) is 12.3. The normalized spacial score (nSPS) is 24.4. The first-order valence-corrected chi connectivity index (χ1v) is 6.76. The van der Waals surface area contributed by atoms with Gasteiger partial charge in [0.25, 0.3) is 5.91 Å². The molecule has 1 aromatic heterocycles. The summed E-state index contributed by atoms with van der Waals surface area (Å²) in [4.78, 5) is 12.7. The van der Waals surface area contributed by atoms with E-state index in [4.69, 9.17) is 4.74 Å². The van der Waals surface area contributed by atoms with Crippen LogP contribution in [-0.2, 0) is 0 Å². The minimum atomic E-state index is -0.0302. The van der Waals surface area contributed by atoms with Gasteiger partial charge in [0.05, 0.1) is 7.11 Å². The summed E-state index contributed by atoms with van der Waals surface area (Å²) in [5.41, 5.74) is 0. The van der Waals surface area contributed by atoms with E-state index in [2.05, 4.69) is 17.6 Å². The molecule has 0 bridgehead atoms. The van der Waals surface area contributed by atoms with Crippen molar-refractivity contribution in [1.29, 1.82) is 0 Å². The van der Waals surface area contributed by atoms with Gasteiger partial charge in [-0.25, -0.2) is 0 Å². The molecule has 2 N–H and O–H groups in total. The summed E-state index contributed by atoms with van der Waals surface area (Å²) < 4.78 is 5.16. The number of rotatable bonds is 3. The lowest BCUT2D eigenvalue weighted by atomic mass is 10.00. The minimum absolute atomic E-state index is 0.0302. The van der Waals surface area contributed by atoms with Crippen molar-refractivity contribution >= 4 is 17.2 Å². The molecular formula is C12H18N2O2S. The predicted molar refractivity (Wildman–Crippen MR) is 68.8 cm³/mol. The number of hydrogen-bond acceptors (Lipinski definition) is 4. The SMILES string of the molecule is COc1ccsc1C(=O)NC1CCCNC1C. The van der Waals surface area contributed by atoms with Crippen molar-refractivity contribution in [2.45, 2.75) is 31.8 Å². The van der Waals surface area contributed by atoms with E-state index < -0.39 is 0 Å². The Hall–Kier alpha value is -1.07. The van der Waals surface area contributed by atoms with Gasteiger partial charge in [0.1, 0.15) is 10.6 Å². The summed E-state index contributed by atoms with van der Waals surface area (Å²) in [6.07, 6.45) is 2.14. The minimum Gasteiger partial charge on any atom is -0.495 e. The van der Waals surface area contributed by atoms with Crippen LogP contribution in [0.1, 0.15) is 29.4 Å². The molecule has 2 atom stereocenters. The molecule has 2 rings (SSSR count). The van der Waals surface area contributed by atoms with Gasteiger partial charge in [0, 0.05) is 12.1 Å². The van der Waals surface area contributed by atoms with Crippen LogP contribution >= 0.6 is 11.3 Å². The van der Waals surface area contributed by atoms with Gasteiger partial charge in [-0.1, -0.05) is 0 Å². The number of thiophene rings is 1. The van der Waals surface area contributed by atoms with E-state index >= 15 is 0 Å². The van der Waals surface area contributed by atoms with Gasteiger partial charge in [-0.3, -0.25) is 4.79 Å². The molecule has 4 nitrogen and oxygen atoms in total. The summed E-state index contributed by atoms with van der Waals surface area (Å²) in [5.74, 6) is 0.626. The van der Waals surface area contributed by atoms with Crippen LogP contribution in [0.25, 0.3) is 0 Å². The third-order valence-electron chi connectivity index (χ3n) is 3.13. The summed E-state index contributed by atoms with van der Waals surface area (Å²) in [7, 11) is 1.59. The topological polar surface area (TPSA) is 50.4 Å². The lowest BCUT2D eigenvalue weighted by molar-refractivity contribution is 0.0921. The van der Waals surface area contributed by atoms with Gasteiger partial charge in [-0.2, -0.15) is 0 Å². The van der Waals surface area contributed by atoms with Crippen LogP contribution in [0.2, 0.25) is 0 Å². The molecule has 0 aliphatic carbocycles. The van der Waals surface area contributed by atoms with Gasteiger partial charge in [0.2, 0.25) is 0 Å². The van der Waals surface area contributed by atoms with Crippen LogP contribution < -0.4 is 15.4 Å². The van der Waals surface area contributed by atoms with Gasteiger partial charge < -0.3 is 15.4 Å². The first-order chi connectivity index (χ1) is 8.22. The highest BCUT2D eigenvalue weighted by atomic mass is 32.1. The van der Waals surface area contributed by atoms with Crippen molar-refractivity contribution < 1.29 is 9.53 Å². The number of carbonyl (C=O) groups is 1. The molecule has 17 heavy (non-hydrogen) atoms. The standard InChI is InChI=1S/C12H18N2O2S/c1-8-9(4-3-6-13-8)14-12(15)11-10(16-2)5-7-17-11/h5,7-9,13H,3-4,6H2,1-2H3,(H,14,15). The summed E-state index contributed by atoms with van der Waals surface area (Å²) >= 11 is 1.41. The molecule has 2 heterocycles. The number of nitrogens with one attached hydrogen (secondary N) is 2. The van der Waals surface area contributed by atoms with Gasteiger partial charge in [-0.05, 0) is 37.8 Å². The van der Waals surface area contributed by atoms with Crippen LogP contribution in [0, 0.1) is 0 Å². The van der Waals surface area contributed by atoms with E-state index in [1.807, 2.05) is 11.4 Å². The van der Waals surface area contributed by atoms with Crippen LogP contribution in [0.3, 0.4) is 0 Å². The Morgan fingerprint density at radius 3 is 3.18 bits per heavy atom. The fourth-order valence-corrected chi connectivity index (χ4v) is 2.86. The van der Waals surface area contributed by atoms with Crippen LogP contribution in [-0.4, -0.2) is 31.6 Å². The lowest BCUT2D eigenvalue weighted by Crippen LogP contribution is -2.51. The molecule has 1 fully saturated rings. The number of hydrogen-bond donors (Lipinski definition) is 2. The monoisotopic (exact) mass is 254 g/mol. The molecule has 5 heteroatoms. The highest BCUT2D eigenvalue weighted by molar-refractivity contribution is 7.12. The van der Waals surface area contributed by atoms with Gasteiger partial charge in [-0.15, -0.1) is 11.3 Å². The second-order valence-corrected chi connectivity index (χ2v) is 5.20. The van der Waals surface area contributed by atoms with E-state index in [1.165, 1.54) is 11.3 Å². The number of carbonyl (C=O) groups excluding carboxylic acids is 1. The second kappa shape index (κ2) is 5.51. The molecule has 94 valence electrons. The fraction of sp³-hybridized carbons (Fsp3) is 0.583. The molecule has 0 saturated carbocycles. The molecule has 2 unspecified atom stereocenters. The molecule has 1 saturated heterocycles. The molecule has 1 aliphatic heterocycles. The second-order valence-electron chi connectivity index (χ2n) is 4.28. The smallest absolute Gasteiger partial charge is 0.265 e. The van der Waals surface area contributed by atoms with Gasteiger partial charge >= 0.3 is 0 Å². The quantitative estimate of drug-likeness (QED) is 0.862. The average Bonchev–Trinajstić information content (AvgIpc) is 2.80. The van der Waals surface area contributed by atoms with Crippen molar-refractivity contribution in [1.82, 2.24) is 10.6 Å². The molecule has 0 radical (unpaired) electrons. The van der Waals surface area contributed by atoms with Crippen molar-refractivity contribution in [2.24, 2.45) is 0 Å². The maximum atomic E-state index is 12.1. The first-order valence-electron chi connectivity index (χ1n) is 5.88. The highest BCUT2D eigenvalue weighted by Crippen LogP contribution is 2.24. The van der Waals surface area contributed by atoms with Crippen molar-refractivity contribution in [3.63, 3.8) is 0 Å². The maximum Gasteiger partial charge on any atom is 0.265 e. The van der Waals surface area contributed by atoms with Crippen molar-refractivity contribution in [3.05, 3.63) is 16.3 Å². The lowest BCUT2D eigenvalue weighted by Gasteiger charge is -2.30. The summed E-state index contributed by atoms with van der Waals surface area (Å²) in [5, 5.41) is 8.31. The largest absolute Gasteiger partial charge is 0.495 e. The highest BCUT2D eigenvalue weighted by Gasteiger charge is 2.24. The molecule has 0 aromatic carbocycles. The number of methoxy groups -OCH3 is 1. The number of ether oxygens (including phenoxy) is 1. The van der Waals surface area contributed by atoms with Crippen LogP contribution in [0.15, 0.2) is 11.4 Å². The van der Waals surface area contributed by atoms with E-state index in [0.717, 1.165) is 19.4 Å². The molecule has 1 aliphatic rings. The predicted octanol–water partition coefficient (Wildman–Crippen LogP) is 1.63. The first kappa shape index (κ1) is 12.4. The van der Waals surface area contributed by atoms with E-state index in [1.54, 1.807) is 7.11 Å². The maximum absolute atomic E-state index is 12.1. The zero-order valence-corrected chi connectivity index (χ0v) is 11.0. The Morgan fingerprint density at radius 2 is 2.47 bits per heavy atom. The molecule has 1 aromatic rings. The Bertz CT molecular complexity index is 392. The Labute approximate surface area is 105 Å². The molecular weight excluding hydrogens is 236 g/mol. The van der Waals surface area contributed by atoms with Crippen molar-refractivity contribution in [2.75, 3.05) is 13.7 Å². The van der Waals surface area contributed by atoms with Gasteiger partial charge in [0.15, 0.2) is 0 Å². The Balaban J connectivity index is 2.01. The van der Waals surface area contributed by atoms with Crippen LogP contribution in [0.5, 0.6) is 5.75 Å². The van der Waals surface area contributed by atoms with Crippen LogP contribution in [0.4, 0.5) is 0 Å². The zero-order valence-electron chi connectivity index (χ0n) is 10.2. The average molecular weight is 254 g/mol. The molecule has 1 amide bonds. The Morgan fingerprint density at radius 1 is 1.65 bits per heavy atom. The fourth-order valence-electron chi connectivity index (χ4n) is 2.10. The number of amides is 1.